The van der Waals surface area contributed by atoms with Crippen LogP contribution in [0.15, 0.2) is 64.6 Å². The maximum atomic E-state index is 3.90. The van der Waals surface area contributed by atoms with Crippen LogP contribution in [-0.4, -0.2) is 38.7 Å². The zero-order chi connectivity index (χ0) is 16.3. The highest BCUT2D eigenvalue weighted by molar-refractivity contribution is 8.03. The summed E-state index contributed by atoms with van der Waals surface area (Å²) in [7, 11) is 8.90. The first-order valence-electron chi connectivity index (χ1n) is 7.74. The van der Waals surface area contributed by atoms with Crippen LogP contribution in [0.2, 0.25) is 0 Å². The smallest absolute Gasteiger partial charge is 0.114 e. The Kier molecular flexibility index (Phi) is 5.20. The van der Waals surface area contributed by atoms with Crippen LogP contribution in [-0.2, 0) is 0 Å². The number of nitrogens with zero attached hydrogens (tertiary/aromatic N) is 2. The van der Waals surface area contributed by atoms with Crippen LogP contribution in [0.3, 0.4) is 0 Å². The van der Waals surface area contributed by atoms with Crippen LogP contribution in [0.5, 0.6) is 0 Å². The quantitative estimate of drug-likeness (QED) is 0.574. The molecule has 1 unspecified atom stereocenters. The summed E-state index contributed by atoms with van der Waals surface area (Å²) >= 11 is 1.84. The summed E-state index contributed by atoms with van der Waals surface area (Å²) in [5, 5.41) is 1.28. The fourth-order valence-electron chi connectivity index (χ4n) is 3.01. The van der Waals surface area contributed by atoms with E-state index in [1.807, 2.05) is 17.8 Å². The standard InChI is InChI=1S/C19H27N2S/c1-7-11-15(17(8-2)21(4,5)6)14-19-20(3)16-12-9-10-13-18(16)22-19/h7,9-14,17H,1,8H2,2-6H3/q+1. The maximum Gasteiger partial charge on any atom is 0.114 e. The van der Waals surface area contributed by atoms with E-state index in [1.54, 1.807) is 0 Å². The number of allylic oxidation sites excluding steroid dienone is 2. The molecular weight excluding hydrogens is 288 g/mol. The van der Waals surface area contributed by atoms with Gasteiger partial charge in [-0.2, -0.15) is 0 Å². The Bertz CT molecular complexity index is 608. The number of quaternary nitrogens is 1. The van der Waals surface area contributed by atoms with Crippen molar-refractivity contribution in [3.63, 3.8) is 0 Å². The van der Waals surface area contributed by atoms with E-state index in [0.717, 1.165) is 10.9 Å². The fraction of sp³-hybridized carbons (Fsp3) is 0.368. The van der Waals surface area contributed by atoms with Gasteiger partial charge in [0.1, 0.15) is 6.04 Å². The molecule has 0 aromatic heterocycles. The summed E-state index contributed by atoms with van der Waals surface area (Å²) in [5.74, 6) is 0. The molecule has 0 spiro atoms. The third kappa shape index (κ3) is 3.47. The van der Waals surface area contributed by atoms with Gasteiger partial charge in [0.25, 0.3) is 0 Å². The van der Waals surface area contributed by atoms with Crippen molar-refractivity contribution in [2.24, 2.45) is 0 Å². The molecule has 2 rings (SSSR count). The summed E-state index contributed by atoms with van der Waals surface area (Å²) in [6, 6.07) is 9.02. The Morgan fingerprint density at radius 1 is 1.32 bits per heavy atom. The highest BCUT2D eigenvalue weighted by Gasteiger charge is 2.27. The molecule has 0 saturated heterocycles. The lowest BCUT2D eigenvalue weighted by Gasteiger charge is -2.34. The van der Waals surface area contributed by atoms with Crippen LogP contribution < -0.4 is 4.90 Å². The van der Waals surface area contributed by atoms with E-state index >= 15 is 0 Å². The van der Waals surface area contributed by atoms with E-state index in [1.165, 1.54) is 21.2 Å². The normalized spacial score (nSPS) is 18.5. The lowest BCUT2D eigenvalue weighted by Crippen LogP contribution is -2.45. The first-order chi connectivity index (χ1) is 10.4. The zero-order valence-electron chi connectivity index (χ0n) is 14.3. The van der Waals surface area contributed by atoms with Gasteiger partial charge in [-0.3, -0.25) is 0 Å². The summed E-state index contributed by atoms with van der Waals surface area (Å²) < 4.78 is 0.918. The molecule has 1 aliphatic heterocycles. The van der Waals surface area contributed by atoms with Crippen LogP contribution in [0, 0.1) is 0 Å². The largest absolute Gasteiger partial charge is 0.338 e. The zero-order valence-corrected chi connectivity index (χ0v) is 15.2. The topological polar surface area (TPSA) is 3.24 Å². The van der Waals surface area contributed by atoms with Crippen LogP contribution >= 0.6 is 11.8 Å². The molecule has 0 radical (unpaired) electrons. The van der Waals surface area contributed by atoms with E-state index < -0.39 is 0 Å². The number of rotatable bonds is 5. The molecular formula is C19H27N2S+. The molecule has 118 valence electrons. The lowest BCUT2D eigenvalue weighted by molar-refractivity contribution is -0.890. The molecule has 1 heterocycles. The molecule has 0 fully saturated rings. The molecule has 0 bridgehead atoms. The van der Waals surface area contributed by atoms with Crippen LogP contribution in [0.25, 0.3) is 0 Å². The predicted molar refractivity (Wildman–Crippen MR) is 99.2 cm³/mol. The molecule has 0 N–H and O–H groups in total. The first-order valence-corrected chi connectivity index (χ1v) is 8.56. The Hall–Kier alpha value is -1.45. The van der Waals surface area contributed by atoms with E-state index in [-0.39, 0.29) is 0 Å². The molecule has 0 amide bonds. The average Bonchev–Trinajstić information content (AvgIpc) is 2.75. The summed E-state index contributed by atoms with van der Waals surface area (Å²) in [6.07, 6.45) is 7.48. The Labute approximate surface area is 139 Å². The Morgan fingerprint density at radius 2 is 2.00 bits per heavy atom. The maximum absolute atomic E-state index is 3.90. The van der Waals surface area contributed by atoms with Gasteiger partial charge in [-0.05, 0) is 18.2 Å². The lowest BCUT2D eigenvalue weighted by atomic mass is 10.0. The molecule has 2 nitrogen and oxygen atoms in total. The highest BCUT2D eigenvalue weighted by Crippen LogP contribution is 2.45. The molecule has 0 aliphatic carbocycles. The second-order valence-electron chi connectivity index (χ2n) is 6.55. The third-order valence-corrected chi connectivity index (χ3v) is 5.24. The van der Waals surface area contributed by atoms with Crippen molar-refractivity contribution < 1.29 is 4.48 Å². The van der Waals surface area contributed by atoms with Gasteiger partial charge in [0.05, 0.1) is 31.9 Å². The van der Waals surface area contributed by atoms with E-state index in [4.69, 9.17) is 0 Å². The number of anilines is 1. The molecule has 0 saturated carbocycles. The van der Waals surface area contributed by atoms with Crippen molar-refractivity contribution in [2.45, 2.75) is 24.3 Å². The van der Waals surface area contributed by atoms with Gasteiger partial charge in [-0.25, -0.2) is 0 Å². The minimum atomic E-state index is 0.461. The Balaban J connectivity index is 2.37. The highest BCUT2D eigenvalue weighted by atomic mass is 32.2. The minimum Gasteiger partial charge on any atom is -0.338 e. The van der Waals surface area contributed by atoms with Gasteiger partial charge < -0.3 is 9.38 Å². The van der Waals surface area contributed by atoms with Gasteiger partial charge in [-0.1, -0.05) is 49.5 Å². The van der Waals surface area contributed by atoms with E-state index in [0.29, 0.717) is 6.04 Å². The van der Waals surface area contributed by atoms with Crippen LogP contribution in [0.4, 0.5) is 5.69 Å². The number of fused-ring (bicyclic) bond motifs is 1. The fourth-order valence-corrected chi connectivity index (χ4v) is 4.12. The number of likely N-dealkylation sites (N-methyl/N-ethyl adjacent to an activating group) is 1. The first kappa shape index (κ1) is 16.9. The van der Waals surface area contributed by atoms with E-state index in [2.05, 4.69) is 83.0 Å². The third-order valence-electron chi connectivity index (χ3n) is 4.08. The van der Waals surface area contributed by atoms with Crippen LogP contribution in [0.1, 0.15) is 13.3 Å². The van der Waals surface area contributed by atoms with Gasteiger partial charge in [0.2, 0.25) is 0 Å². The van der Waals surface area contributed by atoms with Crippen molar-refractivity contribution in [3.8, 4) is 0 Å². The summed E-state index contributed by atoms with van der Waals surface area (Å²) in [5.41, 5.74) is 2.63. The Morgan fingerprint density at radius 3 is 2.55 bits per heavy atom. The number of hydrogen-bond acceptors (Lipinski definition) is 2. The number of hydrogen-bond donors (Lipinski definition) is 0. The SMILES string of the molecule is C=CC=C(C=C1Sc2ccccc2N1C)C(CC)[N+](C)(C)C. The summed E-state index contributed by atoms with van der Waals surface area (Å²) in [4.78, 5) is 3.60. The van der Waals surface area contributed by atoms with Crippen molar-refractivity contribution in [1.29, 1.82) is 0 Å². The second kappa shape index (κ2) is 6.76. The summed E-state index contributed by atoms with van der Waals surface area (Å²) in [6.45, 7) is 6.15. The monoisotopic (exact) mass is 315 g/mol. The second-order valence-corrected chi connectivity index (χ2v) is 7.62. The van der Waals surface area contributed by atoms with Gasteiger partial charge in [0.15, 0.2) is 0 Å². The van der Waals surface area contributed by atoms with Gasteiger partial charge in [0, 0.05) is 23.9 Å². The molecule has 1 atom stereocenters. The van der Waals surface area contributed by atoms with Gasteiger partial charge in [-0.15, -0.1) is 0 Å². The molecule has 3 heteroatoms. The number of benzene rings is 1. The van der Waals surface area contributed by atoms with Crippen molar-refractivity contribution in [2.75, 3.05) is 33.1 Å². The molecule has 1 aromatic carbocycles. The van der Waals surface area contributed by atoms with Crippen molar-refractivity contribution in [3.05, 3.63) is 59.7 Å². The van der Waals surface area contributed by atoms with Crippen molar-refractivity contribution >= 4 is 17.4 Å². The molecule has 22 heavy (non-hydrogen) atoms. The number of thioether (sulfide) groups is 1. The molecule has 1 aliphatic rings. The molecule has 1 aromatic rings. The average molecular weight is 316 g/mol. The van der Waals surface area contributed by atoms with E-state index in [9.17, 15) is 0 Å². The van der Waals surface area contributed by atoms with Gasteiger partial charge >= 0.3 is 0 Å². The van der Waals surface area contributed by atoms with Crippen molar-refractivity contribution in [1.82, 2.24) is 0 Å². The predicted octanol–water partition coefficient (Wildman–Crippen LogP) is 4.67. The number of para-hydroxylation sites is 1. The minimum absolute atomic E-state index is 0.461.